The maximum Gasteiger partial charge on any atom is 0.253 e. The molecule has 0 fully saturated rings. The number of aromatic nitrogens is 3. The zero-order valence-corrected chi connectivity index (χ0v) is 17.8. The normalized spacial score (nSPS) is 15.1. The average Bonchev–Trinajstić information content (AvgIpc) is 2.89. The van der Waals surface area contributed by atoms with Gasteiger partial charge in [-0.15, -0.1) is 0 Å². The molecule has 4 rings (SSSR count). The van der Waals surface area contributed by atoms with Gasteiger partial charge in [0.1, 0.15) is 17.2 Å². The van der Waals surface area contributed by atoms with Gasteiger partial charge in [-0.1, -0.05) is 18.6 Å². The molecule has 0 spiro atoms. The smallest absolute Gasteiger partial charge is 0.253 e. The van der Waals surface area contributed by atoms with Crippen molar-refractivity contribution in [2.75, 3.05) is 20.6 Å². The fraction of sp³-hybridized carbons (Fsp3) is 0.435. The zero-order valence-electron chi connectivity index (χ0n) is 17.8. The third kappa shape index (κ3) is 4.07. The number of benzene rings is 1. The molecule has 1 N–H and O–H groups in total. The highest BCUT2D eigenvalue weighted by Gasteiger charge is 2.22. The number of likely N-dealkylation sites (N-methyl/N-ethyl adjacent to an activating group) is 1. The number of hydrogen-bond donors (Lipinski definition) is 1. The summed E-state index contributed by atoms with van der Waals surface area (Å²) in [6, 6.07) is 8.16. The third-order valence-corrected chi connectivity index (χ3v) is 5.77. The number of carbonyl (C=O) groups excluding carboxylic acids is 1. The van der Waals surface area contributed by atoms with Gasteiger partial charge in [-0.2, -0.15) is 0 Å². The number of rotatable bonds is 5. The van der Waals surface area contributed by atoms with Gasteiger partial charge >= 0.3 is 0 Å². The van der Waals surface area contributed by atoms with Crippen molar-refractivity contribution in [1.29, 1.82) is 0 Å². The molecule has 2 aromatic heterocycles. The van der Waals surface area contributed by atoms with Crippen molar-refractivity contribution >= 4 is 17.1 Å². The summed E-state index contributed by atoms with van der Waals surface area (Å²) in [4.78, 5) is 24.6. The number of nitrogens with one attached hydrogen (secondary N) is 1. The Hall–Kier alpha value is -2.80. The minimum absolute atomic E-state index is 0.0633. The molecule has 3 aromatic rings. The molecule has 1 aliphatic rings. The summed E-state index contributed by atoms with van der Waals surface area (Å²) < 4.78 is 15.5. The Morgan fingerprint density at radius 2 is 1.97 bits per heavy atom. The molecule has 7 heteroatoms. The molecule has 1 amide bonds. The number of carbonyl (C=O) groups is 1. The van der Waals surface area contributed by atoms with Crippen LogP contribution >= 0.6 is 0 Å². The topological polar surface area (TPSA) is 63.1 Å². The molecule has 1 unspecified atom stereocenters. The number of halogens is 1. The fourth-order valence-corrected chi connectivity index (χ4v) is 4.16. The molecule has 1 aliphatic heterocycles. The lowest BCUT2D eigenvalue weighted by atomic mass is 10.1. The molecule has 0 aliphatic carbocycles. The largest absolute Gasteiger partial charge is 0.350 e. The molecule has 1 atom stereocenters. The van der Waals surface area contributed by atoms with Crippen LogP contribution in [0.5, 0.6) is 0 Å². The van der Waals surface area contributed by atoms with E-state index in [0.29, 0.717) is 17.6 Å². The van der Waals surface area contributed by atoms with Gasteiger partial charge in [-0.3, -0.25) is 4.79 Å². The molecule has 6 nitrogen and oxygen atoms in total. The zero-order chi connectivity index (χ0) is 21.3. The lowest BCUT2D eigenvalue weighted by Gasteiger charge is -2.25. The van der Waals surface area contributed by atoms with Crippen molar-refractivity contribution in [1.82, 2.24) is 24.8 Å². The van der Waals surface area contributed by atoms with Crippen LogP contribution in [0.15, 0.2) is 30.3 Å². The molecule has 0 radical (unpaired) electrons. The molecular weight excluding hydrogens is 381 g/mol. The predicted octanol–water partition coefficient (Wildman–Crippen LogP) is 3.64. The van der Waals surface area contributed by atoms with Gasteiger partial charge in [0.05, 0.1) is 11.6 Å². The highest BCUT2D eigenvalue weighted by Crippen LogP contribution is 2.24. The second-order valence-electron chi connectivity index (χ2n) is 8.21. The third-order valence-electron chi connectivity index (χ3n) is 5.77. The summed E-state index contributed by atoms with van der Waals surface area (Å²) in [5, 5.41) is 3.05. The molecule has 0 saturated heterocycles. The van der Waals surface area contributed by atoms with Crippen LogP contribution in [0.2, 0.25) is 0 Å². The van der Waals surface area contributed by atoms with E-state index in [1.807, 2.05) is 32.0 Å². The van der Waals surface area contributed by atoms with Gasteiger partial charge in [0, 0.05) is 25.2 Å². The molecule has 3 heterocycles. The van der Waals surface area contributed by atoms with Crippen molar-refractivity contribution in [3.8, 4) is 0 Å². The van der Waals surface area contributed by atoms with Crippen LogP contribution in [0.25, 0.3) is 11.2 Å². The average molecular weight is 410 g/mol. The van der Waals surface area contributed by atoms with E-state index in [1.54, 1.807) is 12.1 Å². The first-order valence-corrected chi connectivity index (χ1v) is 10.5. The lowest BCUT2D eigenvalue weighted by molar-refractivity contribution is 0.0943. The van der Waals surface area contributed by atoms with E-state index in [9.17, 15) is 9.18 Å². The van der Waals surface area contributed by atoms with E-state index in [-0.39, 0.29) is 17.8 Å². The first-order valence-electron chi connectivity index (χ1n) is 10.5. The Kier molecular flexibility index (Phi) is 5.81. The first-order chi connectivity index (χ1) is 14.4. The van der Waals surface area contributed by atoms with Gasteiger partial charge in [0.2, 0.25) is 0 Å². The first kappa shape index (κ1) is 20.5. The molecule has 0 saturated carbocycles. The van der Waals surface area contributed by atoms with Gasteiger partial charge in [-0.05, 0) is 57.6 Å². The highest BCUT2D eigenvalue weighted by atomic mass is 19.1. The molecule has 0 bridgehead atoms. The van der Waals surface area contributed by atoms with Crippen molar-refractivity contribution < 1.29 is 9.18 Å². The highest BCUT2D eigenvalue weighted by molar-refractivity contribution is 6.04. The van der Waals surface area contributed by atoms with Crippen molar-refractivity contribution in [2.45, 2.75) is 45.2 Å². The maximum atomic E-state index is 13.3. The van der Waals surface area contributed by atoms with E-state index in [2.05, 4.69) is 14.9 Å². The second kappa shape index (κ2) is 8.52. The van der Waals surface area contributed by atoms with E-state index in [4.69, 9.17) is 4.98 Å². The minimum atomic E-state index is -0.269. The Labute approximate surface area is 176 Å². The summed E-state index contributed by atoms with van der Waals surface area (Å²) >= 11 is 0. The van der Waals surface area contributed by atoms with Crippen LogP contribution in [-0.2, 0) is 13.0 Å². The van der Waals surface area contributed by atoms with Crippen LogP contribution in [0, 0.1) is 12.7 Å². The second-order valence-corrected chi connectivity index (χ2v) is 8.21. The van der Waals surface area contributed by atoms with Crippen LogP contribution in [0.3, 0.4) is 0 Å². The number of imidazole rings is 1. The number of hydrogen-bond acceptors (Lipinski definition) is 4. The van der Waals surface area contributed by atoms with Gasteiger partial charge < -0.3 is 14.8 Å². The number of pyridine rings is 1. The molecule has 1 aromatic carbocycles. The van der Waals surface area contributed by atoms with Crippen molar-refractivity contribution in [3.63, 3.8) is 0 Å². The Morgan fingerprint density at radius 1 is 1.20 bits per heavy atom. The molecular formula is C23H28FN5O. The van der Waals surface area contributed by atoms with Crippen LogP contribution in [-0.4, -0.2) is 46.0 Å². The standard InChI is InChI=1S/C23H28FN5O/c1-15-13-18(21-22(26-15)29-12-6-4-5-7-20(29)27-21)23(30)25-14-19(28(2)3)16-8-10-17(24)11-9-16/h8-11,13,19H,4-7,12,14H2,1-3H3,(H,25,30). The monoisotopic (exact) mass is 409 g/mol. The van der Waals surface area contributed by atoms with Gasteiger partial charge in [-0.25, -0.2) is 14.4 Å². The maximum absolute atomic E-state index is 13.3. The summed E-state index contributed by atoms with van der Waals surface area (Å²) in [6.07, 6.45) is 4.34. The quantitative estimate of drug-likeness (QED) is 0.699. The Balaban J connectivity index is 1.60. The van der Waals surface area contributed by atoms with E-state index in [1.165, 1.54) is 18.6 Å². The summed E-state index contributed by atoms with van der Waals surface area (Å²) in [7, 11) is 3.89. The van der Waals surface area contributed by atoms with Crippen molar-refractivity contribution in [3.05, 3.63) is 58.8 Å². The van der Waals surface area contributed by atoms with Gasteiger partial charge in [0.25, 0.3) is 5.91 Å². The van der Waals surface area contributed by atoms with E-state index in [0.717, 1.165) is 48.5 Å². The fourth-order valence-electron chi connectivity index (χ4n) is 4.16. The summed E-state index contributed by atoms with van der Waals surface area (Å²) in [5.74, 6) is 0.592. The lowest BCUT2D eigenvalue weighted by Crippen LogP contribution is -2.34. The van der Waals surface area contributed by atoms with Crippen LogP contribution in [0.4, 0.5) is 4.39 Å². The van der Waals surface area contributed by atoms with Crippen LogP contribution in [0.1, 0.15) is 52.7 Å². The molecule has 30 heavy (non-hydrogen) atoms. The summed E-state index contributed by atoms with van der Waals surface area (Å²) in [6.45, 7) is 3.22. The number of amides is 1. The number of aryl methyl sites for hydroxylation is 3. The number of fused-ring (bicyclic) bond motifs is 3. The van der Waals surface area contributed by atoms with E-state index < -0.39 is 0 Å². The SMILES string of the molecule is Cc1cc(C(=O)NCC(c2ccc(F)cc2)N(C)C)c2nc3n(c2n1)CCCCC3. The Morgan fingerprint density at radius 3 is 2.70 bits per heavy atom. The number of nitrogens with zero attached hydrogens (tertiary/aromatic N) is 4. The predicted molar refractivity (Wildman–Crippen MR) is 115 cm³/mol. The summed E-state index contributed by atoms with van der Waals surface area (Å²) in [5.41, 5.74) is 3.81. The van der Waals surface area contributed by atoms with E-state index >= 15 is 0 Å². The van der Waals surface area contributed by atoms with Crippen LogP contribution < -0.4 is 5.32 Å². The minimum Gasteiger partial charge on any atom is -0.350 e. The Bertz CT molecular complexity index is 1060. The van der Waals surface area contributed by atoms with Crippen molar-refractivity contribution in [2.24, 2.45) is 0 Å². The van der Waals surface area contributed by atoms with Gasteiger partial charge in [0.15, 0.2) is 5.65 Å². The molecule has 158 valence electrons.